The van der Waals surface area contributed by atoms with Gasteiger partial charge in [-0.25, -0.2) is 9.59 Å². The molecule has 0 saturated heterocycles. The average molecular weight is 424 g/mol. The number of nitrogens with zero attached hydrogens (tertiary/aromatic N) is 1. The first-order chi connectivity index (χ1) is 14.7. The fraction of sp³-hybridized carbons (Fsp3) is 0.375. The highest BCUT2D eigenvalue weighted by Crippen LogP contribution is 2.26. The number of anilines is 1. The third-order valence-electron chi connectivity index (χ3n) is 4.76. The van der Waals surface area contributed by atoms with Crippen molar-refractivity contribution in [3.63, 3.8) is 0 Å². The van der Waals surface area contributed by atoms with E-state index in [0.29, 0.717) is 12.1 Å². The number of carbonyl (C=O) groups excluding carboxylic acids is 3. The summed E-state index contributed by atoms with van der Waals surface area (Å²) in [4.78, 5) is 38.3. The summed E-state index contributed by atoms with van der Waals surface area (Å²) in [7, 11) is 0. The molecule has 1 aliphatic rings. The predicted molar refractivity (Wildman–Crippen MR) is 117 cm³/mol. The van der Waals surface area contributed by atoms with Gasteiger partial charge in [0.15, 0.2) is 6.61 Å². The van der Waals surface area contributed by atoms with E-state index in [1.165, 1.54) is 0 Å². The lowest BCUT2D eigenvalue weighted by Gasteiger charge is -2.29. The number of nitrogens with one attached hydrogen (secondary N) is 1. The molecule has 31 heavy (non-hydrogen) atoms. The van der Waals surface area contributed by atoms with Crippen LogP contribution in [0, 0.1) is 0 Å². The van der Waals surface area contributed by atoms with Crippen LogP contribution < -0.4 is 10.2 Å². The molecule has 0 radical (unpaired) electrons. The molecule has 164 valence electrons. The summed E-state index contributed by atoms with van der Waals surface area (Å²) in [6.07, 6.45) is 1.32. The number of benzene rings is 2. The van der Waals surface area contributed by atoms with Gasteiger partial charge in [0.2, 0.25) is 0 Å². The minimum absolute atomic E-state index is 0.237. The Balaban J connectivity index is 1.50. The van der Waals surface area contributed by atoms with E-state index in [-0.39, 0.29) is 19.1 Å². The number of amides is 2. The number of esters is 1. The van der Waals surface area contributed by atoms with Crippen molar-refractivity contribution in [1.29, 1.82) is 0 Å². The Bertz CT molecular complexity index is 947. The maximum absolute atomic E-state index is 12.6. The maximum atomic E-state index is 12.6. The van der Waals surface area contributed by atoms with E-state index in [9.17, 15) is 14.4 Å². The Morgan fingerprint density at radius 2 is 1.74 bits per heavy atom. The van der Waals surface area contributed by atoms with Gasteiger partial charge in [0.05, 0.1) is 5.56 Å². The fourth-order valence-corrected chi connectivity index (χ4v) is 3.33. The smallest absolute Gasteiger partial charge is 0.407 e. The minimum atomic E-state index is -0.565. The summed E-state index contributed by atoms with van der Waals surface area (Å²) in [6, 6.07) is 14.4. The van der Waals surface area contributed by atoms with Gasteiger partial charge in [-0.05, 0) is 62.9 Å². The zero-order valence-corrected chi connectivity index (χ0v) is 18.1. The van der Waals surface area contributed by atoms with E-state index in [1.807, 2.05) is 24.3 Å². The van der Waals surface area contributed by atoms with Crippen LogP contribution in [0.4, 0.5) is 10.5 Å². The lowest BCUT2D eigenvalue weighted by Crippen LogP contribution is -2.38. The fourth-order valence-electron chi connectivity index (χ4n) is 3.33. The van der Waals surface area contributed by atoms with Crippen molar-refractivity contribution >= 4 is 23.7 Å². The van der Waals surface area contributed by atoms with Crippen molar-refractivity contribution in [2.24, 2.45) is 0 Å². The largest absolute Gasteiger partial charge is 0.452 e. The first-order valence-corrected chi connectivity index (χ1v) is 10.3. The molecule has 0 unspecified atom stereocenters. The summed E-state index contributed by atoms with van der Waals surface area (Å²) in [6.45, 7) is 5.96. The van der Waals surface area contributed by atoms with E-state index >= 15 is 0 Å². The molecule has 0 bridgehead atoms. The first kappa shape index (κ1) is 22.3. The van der Waals surface area contributed by atoms with Crippen LogP contribution in [0.3, 0.4) is 0 Å². The van der Waals surface area contributed by atoms with Crippen molar-refractivity contribution in [2.45, 2.75) is 45.8 Å². The van der Waals surface area contributed by atoms with E-state index in [1.54, 1.807) is 49.9 Å². The molecule has 0 aromatic heterocycles. The highest BCUT2D eigenvalue weighted by atomic mass is 16.6. The Kier molecular flexibility index (Phi) is 6.95. The molecular weight excluding hydrogens is 396 g/mol. The van der Waals surface area contributed by atoms with Crippen LogP contribution in [0.2, 0.25) is 0 Å². The van der Waals surface area contributed by atoms with Gasteiger partial charge >= 0.3 is 12.1 Å². The molecule has 2 aromatic rings. The highest BCUT2D eigenvalue weighted by molar-refractivity contribution is 5.98. The number of aryl methyl sites for hydroxylation is 1. The molecule has 7 nitrogen and oxygen atoms in total. The Hall–Kier alpha value is -3.35. The number of alkyl carbamates (subject to hydrolysis) is 1. The van der Waals surface area contributed by atoms with Crippen molar-refractivity contribution < 1.29 is 23.9 Å². The molecule has 7 heteroatoms. The topological polar surface area (TPSA) is 84.9 Å². The number of hydrogen-bond donors (Lipinski definition) is 1. The summed E-state index contributed by atoms with van der Waals surface area (Å²) in [5.74, 6) is -0.802. The molecule has 0 fully saturated rings. The maximum Gasteiger partial charge on any atom is 0.407 e. The Morgan fingerprint density at radius 1 is 1.03 bits per heavy atom. The van der Waals surface area contributed by atoms with Crippen LogP contribution in [0.25, 0.3) is 0 Å². The normalized spacial score (nSPS) is 13.2. The SMILES string of the molecule is CC(C)(C)OC(=O)NCc1ccc(C(=O)OCC(=O)N2CCCc3ccccc32)cc1. The van der Waals surface area contributed by atoms with Gasteiger partial charge in [-0.15, -0.1) is 0 Å². The molecule has 0 atom stereocenters. The van der Waals surface area contributed by atoms with Crippen LogP contribution in [0.5, 0.6) is 0 Å². The van der Waals surface area contributed by atoms with Crippen LogP contribution in [-0.2, 0) is 27.2 Å². The second-order valence-electron chi connectivity index (χ2n) is 8.41. The number of hydrogen-bond acceptors (Lipinski definition) is 5. The van der Waals surface area contributed by atoms with Crippen molar-refractivity contribution in [1.82, 2.24) is 5.32 Å². The van der Waals surface area contributed by atoms with Gasteiger partial charge in [-0.1, -0.05) is 30.3 Å². The third-order valence-corrected chi connectivity index (χ3v) is 4.76. The minimum Gasteiger partial charge on any atom is -0.452 e. The Labute approximate surface area is 182 Å². The number of ether oxygens (including phenoxy) is 2. The Morgan fingerprint density at radius 3 is 2.45 bits per heavy atom. The molecule has 2 aromatic carbocycles. The van der Waals surface area contributed by atoms with Gasteiger partial charge in [0, 0.05) is 18.8 Å². The molecule has 0 aliphatic carbocycles. The standard InChI is InChI=1S/C24H28N2O5/c1-24(2,3)31-23(29)25-15-17-10-12-19(13-11-17)22(28)30-16-21(27)26-14-6-8-18-7-4-5-9-20(18)26/h4-5,7,9-13H,6,8,14-16H2,1-3H3,(H,25,29). The molecule has 1 heterocycles. The summed E-state index contributed by atoms with van der Waals surface area (Å²) in [5.41, 5.74) is 2.60. The molecule has 2 amide bonds. The van der Waals surface area contributed by atoms with Gasteiger partial charge in [-0.2, -0.15) is 0 Å². The van der Waals surface area contributed by atoms with E-state index in [0.717, 1.165) is 29.7 Å². The second kappa shape index (κ2) is 9.64. The van der Waals surface area contributed by atoms with Gasteiger partial charge in [0.25, 0.3) is 5.91 Å². The number of rotatable bonds is 5. The lowest BCUT2D eigenvalue weighted by atomic mass is 10.0. The summed E-state index contributed by atoms with van der Waals surface area (Å²) < 4.78 is 10.4. The second-order valence-corrected chi connectivity index (χ2v) is 8.41. The van der Waals surface area contributed by atoms with Gasteiger partial charge in [-0.3, -0.25) is 4.79 Å². The quantitative estimate of drug-likeness (QED) is 0.737. The van der Waals surface area contributed by atoms with Crippen molar-refractivity contribution in [3.8, 4) is 0 Å². The van der Waals surface area contributed by atoms with Crippen molar-refractivity contribution in [2.75, 3.05) is 18.1 Å². The van der Waals surface area contributed by atoms with Crippen LogP contribution in [0.1, 0.15) is 48.7 Å². The van der Waals surface area contributed by atoms with Gasteiger partial charge in [0.1, 0.15) is 5.60 Å². The number of fused-ring (bicyclic) bond motifs is 1. The first-order valence-electron chi connectivity index (χ1n) is 10.3. The van der Waals surface area contributed by atoms with E-state index < -0.39 is 17.7 Å². The zero-order valence-electron chi connectivity index (χ0n) is 18.1. The average Bonchev–Trinajstić information content (AvgIpc) is 2.74. The molecular formula is C24H28N2O5. The number of para-hydroxylation sites is 1. The lowest BCUT2D eigenvalue weighted by molar-refractivity contribution is -0.121. The molecule has 3 rings (SSSR count). The number of carbonyl (C=O) groups is 3. The van der Waals surface area contributed by atoms with Crippen LogP contribution in [0.15, 0.2) is 48.5 Å². The molecule has 0 spiro atoms. The van der Waals surface area contributed by atoms with Crippen molar-refractivity contribution in [3.05, 3.63) is 65.2 Å². The third kappa shape index (κ3) is 6.31. The zero-order chi connectivity index (χ0) is 22.4. The van der Waals surface area contributed by atoms with Crippen LogP contribution in [-0.4, -0.2) is 36.7 Å². The molecule has 1 N–H and O–H groups in total. The molecule has 1 aliphatic heterocycles. The van der Waals surface area contributed by atoms with Crippen LogP contribution >= 0.6 is 0 Å². The monoisotopic (exact) mass is 424 g/mol. The highest BCUT2D eigenvalue weighted by Gasteiger charge is 2.23. The molecule has 0 saturated carbocycles. The predicted octanol–water partition coefficient (Wildman–Crippen LogP) is 3.85. The summed E-state index contributed by atoms with van der Waals surface area (Å²) >= 11 is 0. The summed E-state index contributed by atoms with van der Waals surface area (Å²) in [5, 5.41) is 2.66. The van der Waals surface area contributed by atoms with E-state index in [2.05, 4.69) is 5.32 Å². The van der Waals surface area contributed by atoms with E-state index in [4.69, 9.17) is 9.47 Å². The van der Waals surface area contributed by atoms with Gasteiger partial charge < -0.3 is 19.7 Å².